The molecule has 0 spiro atoms. The summed E-state index contributed by atoms with van der Waals surface area (Å²) in [4.78, 5) is 13.5. The molecule has 1 atom stereocenters. The quantitative estimate of drug-likeness (QED) is 0.908. The highest BCUT2D eigenvalue weighted by Crippen LogP contribution is 2.49. The second-order valence-electron chi connectivity index (χ2n) is 7.28. The molecule has 3 aliphatic rings. The number of anilines is 1. The van der Waals surface area contributed by atoms with E-state index >= 15 is 0 Å². The van der Waals surface area contributed by atoms with Crippen LogP contribution in [0.3, 0.4) is 0 Å². The third kappa shape index (κ3) is 2.08. The molecule has 2 aromatic rings. The topological polar surface area (TPSA) is 66.0 Å². The van der Waals surface area contributed by atoms with Crippen molar-refractivity contribution >= 4 is 11.5 Å². The Morgan fingerprint density at radius 1 is 0.962 bits per heavy atom. The number of benzene rings is 2. The molecule has 0 bridgehead atoms. The molecule has 5 rings (SSSR count). The van der Waals surface area contributed by atoms with Crippen molar-refractivity contribution in [2.24, 2.45) is 5.92 Å². The average Bonchev–Trinajstić information content (AvgIpc) is 3.31. The first-order valence-corrected chi connectivity index (χ1v) is 8.73. The summed E-state index contributed by atoms with van der Waals surface area (Å²) in [5.41, 5.74) is 1.44. The van der Waals surface area contributed by atoms with Crippen molar-refractivity contribution in [3.8, 4) is 23.0 Å². The summed E-state index contributed by atoms with van der Waals surface area (Å²) >= 11 is 0. The molecule has 6 nitrogen and oxygen atoms in total. The van der Waals surface area contributed by atoms with Gasteiger partial charge in [0.05, 0.1) is 5.69 Å². The summed E-state index contributed by atoms with van der Waals surface area (Å²) in [6.45, 7) is 4.61. The van der Waals surface area contributed by atoms with Crippen molar-refractivity contribution in [3.05, 3.63) is 41.5 Å². The molecular formula is C20H19NO5. The largest absolute Gasteiger partial charge is 0.454 e. The number of nitrogens with one attached hydrogen (secondary N) is 1. The van der Waals surface area contributed by atoms with Crippen LogP contribution >= 0.6 is 0 Å². The Bertz CT molecular complexity index is 923. The number of hydrogen-bond donors (Lipinski definition) is 1. The standard InChI is InChI=1S/C20H19NO5/c1-11(2)8-20(12-3-4-15-16(5-12)24-9-23-15)19(22)13-6-17-18(26-10-25-17)7-14(13)21-20/h3-7,11,21H,8-10H2,1-2H3. The number of carbonyl (C=O) groups is 1. The number of ether oxygens (including phenoxy) is 4. The SMILES string of the molecule is CC(C)CC1(c2ccc3c(c2)OCO3)Nc2cc3c(cc2C1=O)OCO3. The van der Waals surface area contributed by atoms with Crippen LogP contribution in [0.2, 0.25) is 0 Å². The maximum absolute atomic E-state index is 13.5. The van der Waals surface area contributed by atoms with Gasteiger partial charge in [0.25, 0.3) is 0 Å². The van der Waals surface area contributed by atoms with Crippen LogP contribution < -0.4 is 24.3 Å². The second kappa shape index (κ2) is 5.30. The van der Waals surface area contributed by atoms with Crippen LogP contribution in [0.15, 0.2) is 30.3 Å². The third-order valence-corrected chi connectivity index (χ3v) is 5.07. The molecule has 0 saturated heterocycles. The van der Waals surface area contributed by atoms with Crippen molar-refractivity contribution in [3.63, 3.8) is 0 Å². The Kier molecular flexibility index (Phi) is 3.13. The maximum atomic E-state index is 13.5. The highest BCUT2D eigenvalue weighted by atomic mass is 16.7. The first-order valence-electron chi connectivity index (χ1n) is 8.73. The lowest BCUT2D eigenvalue weighted by Crippen LogP contribution is -2.40. The predicted molar refractivity (Wildman–Crippen MR) is 94.2 cm³/mol. The van der Waals surface area contributed by atoms with Crippen LogP contribution in [0.1, 0.15) is 36.2 Å². The van der Waals surface area contributed by atoms with E-state index in [1.54, 1.807) is 6.07 Å². The molecule has 26 heavy (non-hydrogen) atoms. The van der Waals surface area contributed by atoms with Gasteiger partial charge in [0.2, 0.25) is 13.6 Å². The maximum Gasteiger partial charge on any atom is 0.231 e. The first kappa shape index (κ1) is 15.4. The lowest BCUT2D eigenvalue weighted by atomic mass is 9.79. The molecular weight excluding hydrogens is 334 g/mol. The van der Waals surface area contributed by atoms with E-state index in [0.717, 1.165) is 11.3 Å². The molecule has 3 aliphatic heterocycles. The Hall–Kier alpha value is -2.89. The summed E-state index contributed by atoms with van der Waals surface area (Å²) in [6.07, 6.45) is 0.659. The van der Waals surface area contributed by atoms with E-state index in [0.29, 0.717) is 40.9 Å². The summed E-state index contributed by atoms with van der Waals surface area (Å²) in [5, 5.41) is 3.48. The van der Waals surface area contributed by atoms with Crippen LogP contribution in [0.5, 0.6) is 23.0 Å². The summed E-state index contributed by atoms with van der Waals surface area (Å²) in [5.74, 6) is 3.01. The van der Waals surface area contributed by atoms with E-state index in [9.17, 15) is 4.79 Å². The van der Waals surface area contributed by atoms with E-state index in [1.165, 1.54) is 0 Å². The van der Waals surface area contributed by atoms with E-state index in [-0.39, 0.29) is 19.4 Å². The molecule has 0 radical (unpaired) electrons. The first-order chi connectivity index (χ1) is 12.6. The van der Waals surface area contributed by atoms with Gasteiger partial charge < -0.3 is 24.3 Å². The fraction of sp³-hybridized carbons (Fsp3) is 0.350. The molecule has 134 valence electrons. The van der Waals surface area contributed by atoms with E-state index in [2.05, 4.69) is 19.2 Å². The molecule has 6 heteroatoms. The fourth-order valence-corrected chi connectivity index (χ4v) is 3.99. The number of hydrogen-bond acceptors (Lipinski definition) is 6. The van der Waals surface area contributed by atoms with Gasteiger partial charge in [-0.15, -0.1) is 0 Å². The highest BCUT2D eigenvalue weighted by molar-refractivity contribution is 6.14. The zero-order valence-electron chi connectivity index (χ0n) is 14.6. The molecule has 1 N–H and O–H groups in total. The minimum Gasteiger partial charge on any atom is -0.454 e. The number of fused-ring (bicyclic) bond motifs is 3. The molecule has 1 unspecified atom stereocenters. The van der Waals surface area contributed by atoms with Gasteiger partial charge in [0, 0.05) is 11.6 Å². The van der Waals surface area contributed by atoms with Crippen molar-refractivity contribution in [1.82, 2.24) is 0 Å². The number of Topliss-reactive ketones (excluding diaryl/α,β-unsaturated/α-hetero) is 1. The molecule has 0 amide bonds. The minimum atomic E-state index is -0.841. The molecule has 2 aromatic carbocycles. The zero-order valence-corrected chi connectivity index (χ0v) is 14.6. The lowest BCUT2D eigenvalue weighted by molar-refractivity contribution is 0.0899. The minimum absolute atomic E-state index is 0.0402. The molecule has 3 heterocycles. The third-order valence-electron chi connectivity index (χ3n) is 5.07. The number of ketones is 1. The van der Waals surface area contributed by atoms with Crippen molar-refractivity contribution < 1.29 is 23.7 Å². The van der Waals surface area contributed by atoms with Gasteiger partial charge >= 0.3 is 0 Å². The van der Waals surface area contributed by atoms with Crippen LogP contribution in [0, 0.1) is 5.92 Å². The van der Waals surface area contributed by atoms with Gasteiger partial charge in [-0.2, -0.15) is 0 Å². The Balaban J connectivity index is 1.63. The highest BCUT2D eigenvalue weighted by Gasteiger charge is 2.48. The van der Waals surface area contributed by atoms with Crippen molar-refractivity contribution in [2.45, 2.75) is 25.8 Å². The van der Waals surface area contributed by atoms with E-state index in [4.69, 9.17) is 18.9 Å². The van der Waals surface area contributed by atoms with Gasteiger partial charge in [0.1, 0.15) is 5.54 Å². The molecule has 0 saturated carbocycles. The van der Waals surface area contributed by atoms with Crippen LogP contribution in [-0.4, -0.2) is 19.4 Å². The normalized spacial score (nSPS) is 21.9. The van der Waals surface area contributed by atoms with Crippen LogP contribution in [0.4, 0.5) is 5.69 Å². The van der Waals surface area contributed by atoms with Gasteiger partial charge in [-0.05, 0) is 36.1 Å². The Morgan fingerprint density at radius 3 is 2.35 bits per heavy atom. The van der Waals surface area contributed by atoms with Crippen LogP contribution in [-0.2, 0) is 5.54 Å². The molecule has 0 aromatic heterocycles. The lowest BCUT2D eigenvalue weighted by Gasteiger charge is -2.31. The summed E-state index contributed by atoms with van der Waals surface area (Å²) < 4.78 is 21.8. The molecule has 0 fully saturated rings. The number of carbonyl (C=O) groups excluding carboxylic acids is 1. The van der Waals surface area contributed by atoms with Gasteiger partial charge in [-0.1, -0.05) is 19.9 Å². The van der Waals surface area contributed by atoms with Gasteiger partial charge in [-0.25, -0.2) is 0 Å². The monoisotopic (exact) mass is 353 g/mol. The van der Waals surface area contributed by atoms with Crippen molar-refractivity contribution in [2.75, 3.05) is 18.9 Å². The van der Waals surface area contributed by atoms with E-state index < -0.39 is 5.54 Å². The average molecular weight is 353 g/mol. The smallest absolute Gasteiger partial charge is 0.231 e. The Labute approximate surface area is 151 Å². The van der Waals surface area contributed by atoms with Gasteiger partial charge in [0.15, 0.2) is 28.8 Å². The van der Waals surface area contributed by atoms with Gasteiger partial charge in [-0.3, -0.25) is 4.79 Å². The van der Waals surface area contributed by atoms with Crippen molar-refractivity contribution in [1.29, 1.82) is 0 Å². The zero-order chi connectivity index (χ0) is 17.9. The Morgan fingerprint density at radius 2 is 1.62 bits per heavy atom. The van der Waals surface area contributed by atoms with Crippen LogP contribution in [0.25, 0.3) is 0 Å². The molecule has 0 aliphatic carbocycles. The number of rotatable bonds is 3. The second-order valence-corrected chi connectivity index (χ2v) is 7.28. The predicted octanol–water partition coefficient (Wildman–Crippen LogP) is 3.69. The summed E-state index contributed by atoms with van der Waals surface area (Å²) in [6, 6.07) is 9.34. The summed E-state index contributed by atoms with van der Waals surface area (Å²) in [7, 11) is 0. The fourth-order valence-electron chi connectivity index (χ4n) is 3.99. The van der Waals surface area contributed by atoms with E-state index in [1.807, 2.05) is 24.3 Å².